The molecule has 2 rings (SSSR count). The number of thiazole rings is 1. The lowest BCUT2D eigenvalue weighted by atomic mass is 10.1. The summed E-state index contributed by atoms with van der Waals surface area (Å²) >= 11 is 1.64. The molecule has 6 heteroatoms. The Kier molecular flexibility index (Phi) is 4.43. The molecule has 1 N–H and O–H groups in total. The van der Waals surface area contributed by atoms with Crippen LogP contribution in [-0.2, 0) is 12.8 Å². The first-order valence-corrected chi connectivity index (χ1v) is 6.99. The Hall–Kier alpha value is -1.27. The van der Waals surface area contributed by atoms with Crippen LogP contribution in [0.1, 0.15) is 35.8 Å². The van der Waals surface area contributed by atoms with Crippen LogP contribution in [0.15, 0.2) is 9.90 Å². The zero-order valence-corrected chi connectivity index (χ0v) is 11.8. The lowest BCUT2D eigenvalue weighted by Gasteiger charge is -2.09. The van der Waals surface area contributed by atoms with E-state index in [1.165, 1.54) is 0 Å². The van der Waals surface area contributed by atoms with Gasteiger partial charge in [-0.1, -0.05) is 12.1 Å². The van der Waals surface area contributed by atoms with Crippen LogP contribution in [0.4, 0.5) is 0 Å². The minimum atomic E-state index is 0.389. The van der Waals surface area contributed by atoms with Crippen molar-refractivity contribution < 1.29 is 4.52 Å². The van der Waals surface area contributed by atoms with Gasteiger partial charge in [-0.3, -0.25) is 0 Å². The maximum absolute atomic E-state index is 5.25. The van der Waals surface area contributed by atoms with Crippen LogP contribution in [0.3, 0.4) is 0 Å². The van der Waals surface area contributed by atoms with Crippen LogP contribution in [0.5, 0.6) is 0 Å². The zero-order chi connectivity index (χ0) is 13.0. The molecule has 2 aromatic rings. The van der Waals surface area contributed by atoms with Crippen molar-refractivity contribution in [2.45, 2.75) is 39.2 Å². The predicted molar refractivity (Wildman–Crippen MR) is 70.8 cm³/mol. The van der Waals surface area contributed by atoms with Crippen molar-refractivity contribution in [3.8, 4) is 0 Å². The van der Waals surface area contributed by atoms with Gasteiger partial charge in [0, 0.05) is 17.8 Å². The van der Waals surface area contributed by atoms with E-state index in [9.17, 15) is 0 Å². The number of aromatic nitrogens is 3. The molecule has 2 heterocycles. The summed E-state index contributed by atoms with van der Waals surface area (Å²) in [4.78, 5) is 8.79. The van der Waals surface area contributed by atoms with Crippen LogP contribution in [0.25, 0.3) is 0 Å². The lowest BCUT2D eigenvalue weighted by molar-refractivity contribution is 0.355. The van der Waals surface area contributed by atoms with Crippen LogP contribution in [-0.4, -0.2) is 28.2 Å². The molecule has 0 aliphatic heterocycles. The van der Waals surface area contributed by atoms with Crippen LogP contribution >= 0.6 is 11.3 Å². The molecule has 98 valence electrons. The van der Waals surface area contributed by atoms with Gasteiger partial charge in [-0.2, -0.15) is 4.98 Å². The average molecular weight is 266 g/mol. The first-order chi connectivity index (χ1) is 8.71. The molecule has 2 aromatic heterocycles. The van der Waals surface area contributed by atoms with Crippen molar-refractivity contribution in [1.29, 1.82) is 0 Å². The van der Waals surface area contributed by atoms with Crippen molar-refractivity contribution in [1.82, 2.24) is 20.4 Å². The number of hydrogen-bond acceptors (Lipinski definition) is 6. The van der Waals surface area contributed by atoms with E-state index in [0.29, 0.717) is 24.2 Å². The van der Waals surface area contributed by atoms with Crippen molar-refractivity contribution in [3.05, 3.63) is 27.8 Å². The fraction of sp³-hybridized carbons (Fsp3) is 0.583. The minimum absolute atomic E-state index is 0.389. The fourth-order valence-corrected chi connectivity index (χ4v) is 2.37. The molecule has 0 saturated heterocycles. The fourth-order valence-electron chi connectivity index (χ4n) is 1.76. The molecule has 0 saturated carbocycles. The summed E-state index contributed by atoms with van der Waals surface area (Å²) in [6.07, 6.45) is 2.46. The molecule has 0 radical (unpaired) electrons. The van der Waals surface area contributed by atoms with Crippen LogP contribution in [0, 0.1) is 6.92 Å². The highest BCUT2D eigenvalue weighted by molar-refractivity contribution is 7.09. The van der Waals surface area contributed by atoms with Gasteiger partial charge in [0.25, 0.3) is 0 Å². The third-order valence-electron chi connectivity index (χ3n) is 2.84. The molecule has 1 atom stereocenters. The van der Waals surface area contributed by atoms with E-state index in [2.05, 4.69) is 27.4 Å². The highest BCUT2D eigenvalue weighted by Gasteiger charge is 2.12. The van der Waals surface area contributed by atoms with E-state index in [0.717, 1.165) is 23.5 Å². The molecule has 5 nitrogen and oxygen atoms in total. The number of likely N-dealkylation sites (N-methyl/N-ethyl adjacent to an activating group) is 1. The lowest BCUT2D eigenvalue weighted by Crippen LogP contribution is -2.26. The van der Waals surface area contributed by atoms with Gasteiger partial charge in [0.2, 0.25) is 5.89 Å². The Labute approximate surface area is 111 Å². The summed E-state index contributed by atoms with van der Waals surface area (Å²) in [6, 6.07) is 0.389. The first-order valence-electron chi connectivity index (χ1n) is 6.11. The standard InChI is InChI=1S/C12H18N4OS/c1-4-9(13-3)6-12-15-11(16-17-12)5-10-7-18-8(2)14-10/h7,9,13H,4-6H2,1-3H3. The smallest absolute Gasteiger partial charge is 0.228 e. The number of hydrogen-bond donors (Lipinski definition) is 1. The number of nitrogens with zero attached hydrogens (tertiary/aromatic N) is 3. The molecule has 18 heavy (non-hydrogen) atoms. The van der Waals surface area contributed by atoms with E-state index in [1.54, 1.807) is 11.3 Å². The Morgan fingerprint density at radius 1 is 1.44 bits per heavy atom. The molecule has 0 aliphatic rings. The van der Waals surface area contributed by atoms with Gasteiger partial charge in [-0.25, -0.2) is 4.98 Å². The highest BCUT2D eigenvalue weighted by Crippen LogP contribution is 2.12. The topological polar surface area (TPSA) is 63.8 Å². The summed E-state index contributed by atoms with van der Waals surface area (Å²) in [7, 11) is 1.95. The average Bonchev–Trinajstić information content (AvgIpc) is 2.96. The van der Waals surface area contributed by atoms with Gasteiger partial charge >= 0.3 is 0 Å². The van der Waals surface area contributed by atoms with Gasteiger partial charge in [-0.05, 0) is 20.4 Å². The predicted octanol–water partition coefficient (Wildman–Crippen LogP) is 1.97. The van der Waals surface area contributed by atoms with Gasteiger partial charge in [-0.15, -0.1) is 11.3 Å². The van der Waals surface area contributed by atoms with Gasteiger partial charge < -0.3 is 9.84 Å². The summed E-state index contributed by atoms with van der Waals surface area (Å²) in [5, 5.41) is 10.3. The molecule has 0 spiro atoms. The molecule has 0 fully saturated rings. The maximum atomic E-state index is 5.25. The third-order valence-corrected chi connectivity index (χ3v) is 3.66. The van der Waals surface area contributed by atoms with Gasteiger partial charge in [0.1, 0.15) is 0 Å². The Balaban J connectivity index is 1.97. The zero-order valence-electron chi connectivity index (χ0n) is 10.9. The number of aryl methyl sites for hydroxylation is 1. The molecule has 1 unspecified atom stereocenters. The van der Waals surface area contributed by atoms with Crippen molar-refractivity contribution in [3.63, 3.8) is 0 Å². The Morgan fingerprint density at radius 2 is 2.28 bits per heavy atom. The Morgan fingerprint density at radius 3 is 2.89 bits per heavy atom. The molecule has 0 aromatic carbocycles. The van der Waals surface area contributed by atoms with Gasteiger partial charge in [0.05, 0.1) is 17.1 Å². The third kappa shape index (κ3) is 3.36. The second kappa shape index (κ2) is 6.06. The molecule has 0 aliphatic carbocycles. The van der Waals surface area contributed by atoms with Gasteiger partial charge in [0.15, 0.2) is 5.82 Å². The summed E-state index contributed by atoms with van der Waals surface area (Å²) < 4.78 is 5.25. The van der Waals surface area contributed by atoms with Crippen LogP contribution in [0.2, 0.25) is 0 Å². The largest absolute Gasteiger partial charge is 0.339 e. The SMILES string of the molecule is CCC(Cc1nc(Cc2csc(C)n2)no1)NC. The maximum Gasteiger partial charge on any atom is 0.228 e. The van der Waals surface area contributed by atoms with E-state index in [-0.39, 0.29) is 0 Å². The van der Waals surface area contributed by atoms with Crippen molar-refractivity contribution in [2.75, 3.05) is 7.05 Å². The minimum Gasteiger partial charge on any atom is -0.339 e. The summed E-state index contributed by atoms with van der Waals surface area (Å²) in [6.45, 7) is 4.13. The van der Waals surface area contributed by atoms with Crippen molar-refractivity contribution >= 4 is 11.3 Å². The first kappa shape index (κ1) is 13.2. The monoisotopic (exact) mass is 266 g/mol. The summed E-state index contributed by atoms with van der Waals surface area (Å²) in [5.41, 5.74) is 1.01. The number of rotatable bonds is 6. The molecular formula is C12H18N4OS. The Bertz CT molecular complexity index is 490. The van der Waals surface area contributed by atoms with E-state index >= 15 is 0 Å². The normalized spacial score (nSPS) is 12.8. The summed E-state index contributed by atoms with van der Waals surface area (Å²) in [5.74, 6) is 1.40. The number of nitrogens with one attached hydrogen (secondary N) is 1. The quantitative estimate of drug-likeness (QED) is 0.866. The molecule has 0 amide bonds. The second-order valence-corrected chi connectivity index (χ2v) is 5.30. The highest BCUT2D eigenvalue weighted by atomic mass is 32.1. The van der Waals surface area contributed by atoms with E-state index in [4.69, 9.17) is 4.52 Å². The van der Waals surface area contributed by atoms with E-state index < -0.39 is 0 Å². The second-order valence-electron chi connectivity index (χ2n) is 4.24. The van der Waals surface area contributed by atoms with Crippen LogP contribution < -0.4 is 5.32 Å². The molecular weight excluding hydrogens is 248 g/mol. The molecule has 0 bridgehead atoms. The van der Waals surface area contributed by atoms with Crippen molar-refractivity contribution in [2.24, 2.45) is 0 Å². The van der Waals surface area contributed by atoms with E-state index in [1.807, 2.05) is 19.4 Å².